The molecular formula is C16H14Cl2N2O2S. The lowest BCUT2D eigenvalue weighted by atomic mass is 10.2. The minimum Gasteiger partial charge on any atom is -0.473 e. The van der Waals surface area contributed by atoms with Crippen molar-refractivity contribution in [2.45, 2.75) is 12.5 Å². The molecule has 1 atom stereocenters. The van der Waals surface area contributed by atoms with Gasteiger partial charge >= 0.3 is 0 Å². The van der Waals surface area contributed by atoms with Gasteiger partial charge in [0.25, 0.3) is 5.91 Å². The number of rotatable bonds is 4. The van der Waals surface area contributed by atoms with Gasteiger partial charge in [-0.05, 0) is 30.4 Å². The first-order valence-electron chi connectivity index (χ1n) is 7.09. The van der Waals surface area contributed by atoms with Gasteiger partial charge in [0.2, 0.25) is 5.88 Å². The Kier molecular flexibility index (Phi) is 5.30. The molecule has 4 nitrogen and oxygen atoms in total. The van der Waals surface area contributed by atoms with Gasteiger partial charge < -0.3 is 10.1 Å². The summed E-state index contributed by atoms with van der Waals surface area (Å²) < 4.78 is 5.76. The Balaban J connectivity index is 1.66. The first kappa shape index (κ1) is 16.4. The molecule has 0 radical (unpaired) electrons. The van der Waals surface area contributed by atoms with E-state index in [0.29, 0.717) is 27.2 Å². The summed E-state index contributed by atoms with van der Waals surface area (Å²) in [4.78, 5) is 16.4. The molecule has 0 aliphatic carbocycles. The predicted octanol–water partition coefficient (Wildman–Crippen LogP) is 4.53. The molecule has 2 aromatic rings. The molecule has 1 N–H and O–H groups in total. The van der Waals surface area contributed by atoms with Crippen LogP contribution in [0.2, 0.25) is 10.0 Å². The Morgan fingerprint density at radius 1 is 1.30 bits per heavy atom. The lowest BCUT2D eigenvalue weighted by Gasteiger charge is -2.12. The second-order valence-electron chi connectivity index (χ2n) is 5.04. The number of nitrogens with zero attached hydrogens (tertiary/aromatic N) is 1. The molecule has 23 heavy (non-hydrogen) atoms. The van der Waals surface area contributed by atoms with E-state index in [2.05, 4.69) is 10.3 Å². The molecule has 7 heteroatoms. The lowest BCUT2D eigenvalue weighted by molar-refractivity contribution is 0.102. The molecule has 0 spiro atoms. The number of hydrogen-bond acceptors (Lipinski definition) is 4. The highest BCUT2D eigenvalue weighted by atomic mass is 35.5. The maximum Gasteiger partial charge on any atom is 0.257 e. The van der Waals surface area contributed by atoms with Crippen molar-refractivity contribution in [2.24, 2.45) is 0 Å². The summed E-state index contributed by atoms with van der Waals surface area (Å²) in [7, 11) is 0. The monoisotopic (exact) mass is 368 g/mol. The van der Waals surface area contributed by atoms with E-state index in [-0.39, 0.29) is 12.0 Å². The zero-order valence-electron chi connectivity index (χ0n) is 12.1. The van der Waals surface area contributed by atoms with Gasteiger partial charge in [-0.1, -0.05) is 29.3 Å². The van der Waals surface area contributed by atoms with Crippen molar-refractivity contribution in [1.29, 1.82) is 0 Å². The molecule has 1 aromatic carbocycles. The van der Waals surface area contributed by atoms with Crippen LogP contribution >= 0.6 is 35.0 Å². The number of nitrogens with one attached hydrogen (secondary N) is 1. The van der Waals surface area contributed by atoms with E-state index in [4.69, 9.17) is 27.9 Å². The van der Waals surface area contributed by atoms with Gasteiger partial charge in [0, 0.05) is 18.0 Å². The molecule has 120 valence electrons. The molecule has 3 rings (SSSR count). The van der Waals surface area contributed by atoms with E-state index in [1.165, 1.54) is 6.20 Å². The highest BCUT2D eigenvalue weighted by Gasteiger charge is 2.18. The van der Waals surface area contributed by atoms with Crippen LogP contribution in [-0.2, 0) is 0 Å². The second kappa shape index (κ2) is 7.43. The van der Waals surface area contributed by atoms with Crippen molar-refractivity contribution in [1.82, 2.24) is 4.98 Å². The number of pyridine rings is 1. The Hall–Kier alpha value is -1.43. The summed E-state index contributed by atoms with van der Waals surface area (Å²) in [5, 5.41) is 3.42. The topological polar surface area (TPSA) is 51.2 Å². The summed E-state index contributed by atoms with van der Waals surface area (Å²) in [6.45, 7) is 0. The Morgan fingerprint density at radius 2 is 2.17 bits per heavy atom. The number of thioether (sulfide) groups is 1. The zero-order chi connectivity index (χ0) is 16.2. The lowest BCUT2D eigenvalue weighted by Crippen LogP contribution is -2.16. The van der Waals surface area contributed by atoms with Crippen molar-refractivity contribution >= 4 is 46.6 Å². The fourth-order valence-corrected chi connectivity index (χ4v) is 3.60. The number of carbonyl (C=O) groups excluding carboxylic acids is 1. The highest BCUT2D eigenvalue weighted by molar-refractivity contribution is 7.99. The number of ether oxygens (including phenoxy) is 1. The van der Waals surface area contributed by atoms with Crippen LogP contribution in [0.15, 0.2) is 36.5 Å². The Bertz CT molecular complexity index is 704. The van der Waals surface area contributed by atoms with Gasteiger partial charge in [-0.15, -0.1) is 0 Å². The smallest absolute Gasteiger partial charge is 0.257 e. The first-order valence-corrected chi connectivity index (χ1v) is 9.00. The molecule has 0 saturated carbocycles. The Labute approximate surface area is 148 Å². The zero-order valence-corrected chi connectivity index (χ0v) is 14.4. The van der Waals surface area contributed by atoms with Crippen LogP contribution in [0.5, 0.6) is 5.88 Å². The van der Waals surface area contributed by atoms with Crippen LogP contribution in [0.1, 0.15) is 16.8 Å². The number of halogens is 2. The molecule has 0 unspecified atom stereocenters. The largest absolute Gasteiger partial charge is 0.473 e. The van der Waals surface area contributed by atoms with Gasteiger partial charge in [0.15, 0.2) is 0 Å². The molecule has 1 aliphatic rings. The fourth-order valence-electron chi connectivity index (χ4n) is 2.16. The van der Waals surface area contributed by atoms with Gasteiger partial charge in [-0.25, -0.2) is 4.98 Å². The van der Waals surface area contributed by atoms with E-state index in [1.54, 1.807) is 30.3 Å². The van der Waals surface area contributed by atoms with Crippen LogP contribution in [0.3, 0.4) is 0 Å². The van der Waals surface area contributed by atoms with E-state index >= 15 is 0 Å². The molecule has 1 aromatic heterocycles. The summed E-state index contributed by atoms with van der Waals surface area (Å²) >= 11 is 13.9. The molecule has 2 heterocycles. The quantitative estimate of drug-likeness (QED) is 0.861. The maximum atomic E-state index is 12.2. The van der Waals surface area contributed by atoms with E-state index < -0.39 is 0 Å². The summed E-state index contributed by atoms with van der Waals surface area (Å²) in [6, 6.07) is 8.46. The van der Waals surface area contributed by atoms with Crippen LogP contribution in [0, 0.1) is 0 Å². The standard InChI is InChI=1S/C16H14Cl2N2O2S/c17-12-2-1-3-13(15(12)18)20-16(21)10-4-5-14(19-8-10)22-11-6-7-23-9-11/h1-5,8,11H,6-7,9H2,(H,20,21)/t11-/m0/s1. The molecule has 1 amide bonds. The summed E-state index contributed by atoms with van der Waals surface area (Å²) in [5.41, 5.74) is 0.890. The number of aromatic nitrogens is 1. The molecule has 0 bridgehead atoms. The average molecular weight is 369 g/mol. The predicted molar refractivity (Wildman–Crippen MR) is 95.0 cm³/mol. The van der Waals surface area contributed by atoms with Gasteiger partial charge in [0.05, 0.1) is 21.3 Å². The minimum absolute atomic E-state index is 0.206. The summed E-state index contributed by atoms with van der Waals surface area (Å²) in [6.07, 6.45) is 2.73. The number of amides is 1. The van der Waals surface area contributed by atoms with Gasteiger partial charge in [0.1, 0.15) is 6.10 Å². The van der Waals surface area contributed by atoms with Crippen molar-refractivity contribution in [3.05, 3.63) is 52.1 Å². The van der Waals surface area contributed by atoms with Crippen molar-refractivity contribution < 1.29 is 9.53 Å². The van der Waals surface area contributed by atoms with Gasteiger partial charge in [-0.2, -0.15) is 11.8 Å². The van der Waals surface area contributed by atoms with Crippen molar-refractivity contribution in [3.8, 4) is 5.88 Å². The molecule has 1 saturated heterocycles. The van der Waals surface area contributed by atoms with Crippen LogP contribution in [0.4, 0.5) is 5.69 Å². The van der Waals surface area contributed by atoms with E-state index in [0.717, 1.165) is 17.9 Å². The van der Waals surface area contributed by atoms with E-state index in [9.17, 15) is 4.79 Å². The van der Waals surface area contributed by atoms with Gasteiger partial charge in [-0.3, -0.25) is 4.79 Å². The first-order chi connectivity index (χ1) is 11.1. The van der Waals surface area contributed by atoms with Crippen LogP contribution < -0.4 is 10.1 Å². The normalized spacial score (nSPS) is 17.0. The third-order valence-electron chi connectivity index (χ3n) is 3.37. The number of anilines is 1. The molecule has 1 fully saturated rings. The number of benzene rings is 1. The third kappa shape index (κ3) is 4.10. The van der Waals surface area contributed by atoms with Crippen LogP contribution in [-0.4, -0.2) is 28.5 Å². The minimum atomic E-state index is -0.301. The van der Waals surface area contributed by atoms with Crippen molar-refractivity contribution in [3.63, 3.8) is 0 Å². The SMILES string of the molecule is O=C(Nc1cccc(Cl)c1Cl)c1ccc(O[C@H]2CCSC2)nc1. The number of hydrogen-bond donors (Lipinski definition) is 1. The number of carbonyl (C=O) groups is 1. The third-order valence-corrected chi connectivity index (χ3v) is 5.32. The second-order valence-corrected chi connectivity index (χ2v) is 6.98. The Morgan fingerprint density at radius 3 is 2.87 bits per heavy atom. The van der Waals surface area contributed by atoms with E-state index in [1.807, 2.05) is 11.8 Å². The molecule has 1 aliphatic heterocycles. The highest BCUT2D eigenvalue weighted by Crippen LogP contribution is 2.30. The van der Waals surface area contributed by atoms with Crippen LogP contribution in [0.25, 0.3) is 0 Å². The maximum absolute atomic E-state index is 12.2. The average Bonchev–Trinajstić information content (AvgIpc) is 3.05. The summed E-state index contributed by atoms with van der Waals surface area (Å²) in [5.74, 6) is 2.34. The molecular weight excluding hydrogens is 355 g/mol. The van der Waals surface area contributed by atoms with Crippen molar-refractivity contribution in [2.75, 3.05) is 16.8 Å². The fraction of sp³-hybridized carbons (Fsp3) is 0.250.